The highest BCUT2D eigenvalue weighted by Crippen LogP contribution is 2.30. The molecular formula is C17H16N4. The third-order valence-corrected chi connectivity index (χ3v) is 3.08. The lowest BCUT2D eigenvalue weighted by atomic mass is 10.3. The van der Waals surface area contributed by atoms with Gasteiger partial charge in [0.2, 0.25) is 0 Å². The lowest BCUT2D eigenvalue weighted by Crippen LogP contribution is -2.14. The van der Waals surface area contributed by atoms with Gasteiger partial charge in [-0.2, -0.15) is 0 Å². The first-order chi connectivity index (χ1) is 10.2. The number of aromatic nitrogens is 3. The van der Waals surface area contributed by atoms with Crippen LogP contribution in [0.15, 0.2) is 60.8 Å². The Hall–Kier alpha value is -2.75. The molecule has 0 spiro atoms. The summed E-state index contributed by atoms with van der Waals surface area (Å²) in [7, 11) is 0. The number of nitrogens with zero attached hydrogens (tertiary/aromatic N) is 4. The van der Waals surface area contributed by atoms with E-state index < -0.39 is 0 Å². The van der Waals surface area contributed by atoms with Gasteiger partial charge < -0.3 is 0 Å². The highest BCUT2D eigenvalue weighted by molar-refractivity contribution is 5.69. The zero-order chi connectivity index (χ0) is 14.7. The number of hydrogen-bond acceptors (Lipinski definition) is 4. The largest absolute Gasteiger partial charge is 0.262 e. The van der Waals surface area contributed by atoms with Gasteiger partial charge in [-0.3, -0.25) is 4.90 Å². The SMILES string of the molecule is Cc1cccc(N(c2ccccn2)c2cccc(C)n2)n1. The van der Waals surface area contributed by atoms with Crippen LogP contribution in [-0.2, 0) is 0 Å². The summed E-state index contributed by atoms with van der Waals surface area (Å²) in [5.41, 5.74) is 1.92. The number of pyridine rings is 3. The van der Waals surface area contributed by atoms with Crippen LogP contribution in [0.1, 0.15) is 11.4 Å². The second-order valence-electron chi connectivity index (χ2n) is 4.80. The van der Waals surface area contributed by atoms with E-state index in [4.69, 9.17) is 0 Å². The summed E-state index contributed by atoms with van der Waals surface area (Å²) in [5, 5.41) is 0. The Labute approximate surface area is 124 Å². The second-order valence-corrected chi connectivity index (χ2v) is 4.80. The van der Waals surface area contributed by atoms with Crippen LogP contribution in [0.5, 0.6) is 0 Å². The predicted octanol–water partition coefficient (Wildman–Crippen LogP) is 3.96. The normalized spacial score (nSPS) is 10.4. The molecule has 0 aliphatic rings. The van der Waals surface area contributed by atoms with Gasteiger partial charge in [-0.05, 0) is 50.2 Å². The fourth-order valence-corrected chi connectivity index (χ4v) is 2.14. The van der Waals surface area contributed by atoms with Crippen LogP contribution in [0.3, 0.4) is 0 Å². The molecule has 4 heteroatoms. The summed E-state index contributed by atoms with van der Waals surface area (Å²) in [5.74, 6) is 2.42. The van der Waals surface area contributed by atoms with E-state index in [2.05, 4.69) is 15.0 Å². The number of aryl methyl sites for hydroxylation is 2. The molecule has 104 valence electrons. The Morgan fingerprint density at radius 3 is 1.71 bits per heavy atom. The van der Waals surface area contributed by atoms with Crippen molar-refractivity contribution in [3.8, 4) is 0 Å². The molecule has 0 atom stereocenters. The lowest BCUT2D eigenvalue weighted by molar-refractivity contribution is 1.05. The summed E-state index contributed by atoms with van der Waals surface area (Å²) in [4.78, 5) is 15.6. The molecule has 0 N–H and O–H groups in total. The van der Waals surface area contributed by atoms with Gasteiger partial charge in [-0.1, -0.05) is 18.2 Å². The Morgan fingerprint density at radius 1 is 0.667 bits per heavy atom. The van der Waals surface area contributed by atoms with Crippen LogP contribution < -0.4 is 4.90 Å². The average Bonchev–Trinajstić information content (AvgIpc) is 2.49. The van der Waals surface area contributed by atoms with E-state index >= 15 is 0 Å². The molecule has 0 fully saturated rings. The zero-order valence-electron chi connectivity index (χ0n) is 12.1. The van der Waals surface area contributed by atoms with E-state index in [1.54, 1.807) is 6.20 Å². The molecule has 3 rings (SSSR count). The number of rotatable bonds is 3. The minimum absolute atomic E-state index is 0.800. The van der Waals surface area contributed by atoms with E-state index in [1.165, 1.54) is 0 Å². The topological polar surface area (TPSA) is 41.9 Å². The summed E-state index contributed by atoms with van der Waals surface area (Å²) < 4.78 is 0. The fraction of sp³-hybridized carbons (Fsp3) is 0.118. The Kier molecular flexibility index (Phi) is 3.60. The first-order valence-electron chi connectivity index (χ1n) is 6.82. The van der Waals surface area contributed by atoms with Gasteiger partial charge in [0, 0.05) is 17.6 Å². The van der Waals surface area contributed by atoms with Gasteiger partial charge >= 0.3 is 0 Å². The quantitative estimate of drug-likeness (QED) is 0.726. The monoisotopic (exact) mass is 276 g/mol. The lowest BCUT2D eigenvalue weighted by Gasteiger charge is -2.22. The van der Waals surface area contributed by atoms with Crippen molar-refractivity contribution in [2.24, 2.45) is 0 Å². The molecule has 0 saturated heterocycles. The van der Waals surface area contributed by atoms with Crippen LogP contribution in [0.25, 0.3) is 0 Å². The molecule has 0 aromatic carbocycles. The number of anilines is 3. The van der Waals surface area contributed by atoms with Gasteiger partial charge in [-0.25, -0.2) is 15.0 Å². The van der Waals surface area contributed by atoms with E-state index in [0.717, 1.165) is 28.8 Å². The average molecular weight is 276 g/mol. The van der Waals surface area contributed by atoms with Gasteiger partial charge in [-0.15, -0.1) is 0 Å². The standard InChI is InChI=1S/C17H16N4/c1-13-7-5-10-16(19-13)21(15-9-3-4-12-18-15)17-11-6-8-14(2)20-17/h3-12H,1-2H3. The van der Waals surface area contributed by atoms with Crippen molar-refractivity contribution < 1.29 is 0 Å². The molecule has 0 radical (unpaired) electrons. The summed E-state index contributed by atoms with van der Waals surface area (Å²) in [6.45, 7) is 3.95. The third-order valence-electron chi connectivity index (χ3n) is 3.08. The van der Waals surface area contributed by atoms with Crippen LogP contribution in [0.4, 0.5) is 17.5 Å². The highest BCUT2D eigenvalue weighted by atomic mass is 15.3. The first-order valence-corrected chi connectivity index (χ1v) is 6.82. The Balaban J connectivity index is 2.16. The smallest absolute Gasteiger partial charge is 0.140 e. The summed E-state index contributed by atoms with van der Waals surface area (Å²) >= 11 is 0. The van der Waals surface area contributed by atoms with E-state index in [1.807, 2.05) is 73.3 Å². The molecule has 21 heavy (non-hydrogen) atoms. The fourth-order valence-electron chi connectivity index (χ4n) is 2.14. The van der Waals surface area contributed by atoms with Crippen LogP contribution >= 0.6 is 0 Å². The maximum Gasteiger partial charge on any atom is 0.140 e. The van der Waals surface area contributed by atoms with E-state index in [9.17, 15) is 0 Å². The van der Waals surface area contributed by atoms with Crippen molar-refractivity contribution in [1.82, 2.24) is 15.0 Å². The minimum Gasteiger partial charge on any atom is -0.262 e. The van der Waals surface area contributed by atoms with Crippen molar-refractivity contribution in [2.75, 3.05) is 4.90 Å². The molecule has 4 nitrogen and oxygen atoms in total. The van der Waals surface area contributed by atoms with Crippen molar-refractivity contribution in [2.45, 2.75) is 13.8 Å². The van der Waals surface area contributed by atoms with Crippen molar-refractivity contribution >= 4 is 17.5 Å². The molecule has 3 aromatic heterocycles. The van der Waals surface area contributed by atoms with Crippen LogP contribution in [0.2, 0.25) is 0 Å². The van der Waals surface area contributed by atoms with Gasteiger partial charge in [0.25, 0.3) is 0 Å². The Bertz CT molecular complexity index is 695. The number of hydrogen-bond donors (Lipinski definition) is 0. The molecule has 0 unspecified atom stereocenters. The van der Waals surface area contributed by atoms with Crippen LogP contribution in [0, 0.1) is 13.8 Å². The first kappa shape index (κ1) is 13.2. The minimum atomic E-state index is 0.800. The molecule has 0 aliphatic heterocycles. The maximum absolute atomic E-state index is 4.60. The molecule has 3 heterocycles. The molecular weight excluding hydrogens is 260 g/mol. The van der Waals surface area contributed by atoms with Crippen molar-refractivity contribution in [3.63, 3.8) is 0 Å². The predicted molar refractivity (Wildman–Crippen MR) is 84.0 cm³/mol. The van der Waals surface area contributed by atoms with Crippen molar-refractivity contribution in [1.29, 1.82) is 0 Å². The second kappa shape index (κ2) is 5.71. The van der Waals surface area contributed by atoms with Crippen LogP contribution in [-0.4, -0.2) is 15.0 Å². The third kappa shape index (κ3) is 2.89. The molecule has 3 aromatic rings. The Morgan fingerprint density at radius 2 is 1.24 bits per heavy atom. The summed E-state index contributed by atoms with van der Waals surface area (Å²) in [6.07, 6.45) is 1.77. The summed E-state index contributed by atoms with van der Waals surface area (Å²) in [6, 6.07) is 17.7. The van der Waals surface area contributed by atoms with Gasteiger partial charge in [0.05, 0.1) is 0 Å². The van der Waals surface area contributed by atoms with Crippen molar-refractivity contribution in [3.05, 3.63) is 72.2 Å². The van der Waals surface area contributed by atoms with Gasteiger partial charge in [0.1, 0.15) is 17.5 Å². The maximum atomic E-state index is 4.60. The van der Waals surface area contributed by atoms with E-state index in [-0.39, 0.29) is 0 Å². The molecule has 0 amide bonds. The van der Waals surface area contributed by atoms with Gasteiger partial charge in [0.15, 0.2) is 0 Å². The molecule has 0 saturated carbocycles. The zero-order valence-corrected chi connectivity index (χ0v) is 12.1. The molecule has 0 bridgehead atoms. The molecule has 0 aliphatic carbocycles. The highest BCUT2D eigenvalue weighted by Gasteiger charge is 2.15. The van der Waals surface area contributed by atoms with E-state index in [0.29, 0.717) is 0 Å².